The van der Waals surface area contributed by atoms with Crippen molar-refractivity contribution in [1.82, 2.24) is 15.0 Å². The van der Waals surface area contributed by atoms with Crippen molar-refractivity contribution in [3.05, 3.63) is 60.7 Å². The highest BCUT2D eigenvalue weighted by molar-refractivity contribution is 6.03. The SMILES string of the molecule is O=C(Nc1ccncc1)c1ccc2cccnc2n1. The van der Waals surface area contributed by atoms with Crippen LogP contribution in [0.2, 0.25) is 0 Å². The Morgan fingerprint density at radius 1 is 1.00 bits per heavy atom. The van der Waals surface area contributed by atoms with Gasteiger partial charge in [0, 0.05) is 29.7 Å². The zero-order chi connectivity index (χ0) is 13.1. The van der Waals surface area contributed by atoms with E-state index in [1.807, 2.05) is 18.2 Å². The number of carbonyl (C=O) groups excluding carboxylic acids is 1. The Kier molecular flexibility index (Phi) is 2.86. The summed E-state index contributed by atoms with van der Waals surface area (Å²) in [6.07, 6.45) is 4.88. The van der Waals surface area contributed by atoms with Crippen molar-refractivity contribution in [2.45, 2.75) is 0 Å². The highest BCUT2D eigenvalue weighted by atomic mass is 16.1. The van der Waals surface area contributed by atoms with Gasteiger partial charge in [-0.2, -0.15) is 0 Å². The Morgan fingerprint density at radius 2 is 1.84 bits per heavy atom. The molecule has 0 spiro atoms. The van der Waals surface area contributed by atoms with Gasteiger partial charge in [-0.3, -0.25) is 9.78 Å². The number of nitrogens with one attached hydrogen (secondary N) is 1. The lowest BCUT2D eigenvalue weighted by molar-refractivity contribution is 0.102. The molecule has 5 heteroatoms. The molecular weight excluding hydrogens is 240 g/mol. The van der Waals surface area contributed by atoms with Gasteiger partial charge < -0.3 is 5.32 Å². The van der Waals surface area contributed by atoms with E-state index in [1.54, 1.807) is 36.8 Å². The van der Waals surface area contributed by atoms with Crippen LogP contribution in [0.4, 0.5) is 5.69 Å². The van der Waals surface area contributed by atoms with Crippen molar-refractivity contribution in [2.24, 2.45) is 0 Å². The van der Waals surface area contributed by atoms with Crippen LogP contribution >= 0.6 is 0 Å². The molecule has 3 rings (SSSR count). The molecule has 19 heavy (non-hydrogen) atoms. The second kappa shape index (κ2) is 4.81. The average molecular weight is 250 g/mol. The number of aromatic nitrogens is 3. The molecule has 1 N–H and O–H groups in total. The lowest BCUT2D eigenvalue weighted by atomic mass is 10.2. The molecule has 3 heterocycles. The van der Waals surface area contributed by atoms with E-state index in [-0.39, 0.29) is 5.91 Å². The largest absolute Gasteiger partial charge is 0.321 e. The monoisotopic (exact) mass is 250 g/mol. The van der Waals surface area contributed by atoms with Crippen molar-refractivity contribution in [3.8, 4) is 0 Å². The maximum absolute atomic E-state index is 12.0. The van der Waals surface area contributed by atoms with E-state index in [0.717, 1.165) is 5.39 Å². The van der Waals surface area contributed by atoms with Crippen molar-refractivity contribution in [2.75, 3.05) is 5.32 Å². The third-order valence-corrected chi connectivity index (χ3v) is 2.63. The van der Waals surface area contributed by atoms with E-state index >= 15 is 0 Å². The molecule has 3 aromatic heterocycles. The molecule has 5 nitrogen and oxygen atoms in total. The molecule has 0 aliphatic rings. The van der Waals surface area contributed by atoms with Crippen LogP contribution in [0.15, 0.2) is 55.0 Å². The summed E-state index contributed by atoms with van der Waals surface area (Å²) < 4.78 is 0. The summed E-state index contributed by atoms with van der Waals surface area (Å²) in [5, 5.41) is 3.66. The number of rotatable bonds is 2. The van der Waals surface area contributed by atoms with Crippen molar-refractivity contribution in [1.29, 1.82) is 0 Å². The first kappa shape index (κ1) is 11.3. The van der Waals surface area contributed by atoms with Gasteiger partial charge in [0.25, 0.3) is 5.91 Å². The molecule has 0 radical (unpaired) electrons. The maximum Gasteiger partial charge on any atom is 0.274 e. The molecule has 0 aliphatic carbocycles. The molecule has 0 fully saturated rings. The Bertz CT molecular complexity index is 728. The van der Waals surface area contributed by atoms with Crippen LogP contribution in [-0.4, -0.2) is 20.9 Å². The lowest BCUT2D eigenvalue weighted by Gasteiger charge is -2.04. The molecule has 0 atom stereocenters. The minimum Gasteiger partial charge on any atom is -0.321 e. The van der Waals surface area contributed by atoms with Crippen LogP contribution < -0.4 is 5.32 Å². The number of hydrogen-bond acceptors (Lipinski definition) is 4. The fourth-order valence-corrected chi connectivity index (χ4v) is 1.71. The highest BCUT2D eigenvalue weighted by Gasteiger charge is 2.08. The molecule has 0 saturated carbocycles. The Balaban J connectivity index is 1.89. The minimum atomic E-state index is -0.265. The Morgan fingerprint density at radius 3 is 2.68 bits per heavy atom. The molecule has 0 bridgehead atoms. The predicted octanol–water partition coefficient (Wildman–Crippen LogP) is 2.28. The molecule has 3 aromatic rings. The summed E-state index contributed by atoms with van der Waals surface area (Å²) in [6, 6.07) is 10.7. The smallest absolute Gasteiger partial charge is 0.274 e. The average Bonchev–Trinajstić information content (AvgIpc) is 2.48. The Hall–Kier alpha value is -2.82. The van der Waals surface area contributed by atoms with Crippen molar-refractivity contribution >= 4 is 22.6 Å². The van der Waals surface area contributed by atoms with Gasteiger partial charge in [0.15, 0.2) is 5.65 Å². The van der Waals surface area contributed by atoms with Crippen LogP contribution in [0, 0.1) is 0 Å². The number of hydrogen-bond donors (Lipinski definition) is 1. The molecule has 0 saturated heterocycles. The topological polar surface area (TPSA) is 67.8 Å². The van der Waals surface area contributed by atoms with Crippen LogP contribution in [-0.2, 0) is 0 Å². The fraction of sp³-hybridized carbons (Fsp3) is 0. The quantitative estimate of drug-likeness (QED) is 0.757. The third kappa shape index (κ3) is 2.40. The van der Waals surface area contributed by atoms with Gasteiger partial charge in [-0.15, -0.1) is 0 Å². The fourth-order valence-electron chi connectivity index (χ4n) is 1.71. The number of nitrogens with zero attached hydrogens (tertiary/aromatic N) is 3. The lowest BCUT2D eigenvalue weighted by Crippen LogP contribution is -2.13. The van der Waals surface area contributed by atoms with Gasteiger partial charge in [0.1, 0.15) is 5.69 Å². The molecule has 1 amide bonds. The molecule has 0 aliphatic heterocycles. The summed E-state index contributed by atoms with van der Waals surface area (Å²) >= 11 is 0. The van der Waals surface area contributed by atoms with Crippen LogP contribution in [0.1, 0.15) is 10.5 Å². The first-order chi connectivity index (χ1) is 9.33. The van der Waals surface area contributed by atoms with Crippen LogP contribution in [0.25, 0.3) is 11.0 Å². The minimum absolute atomic E-state index is 0.265. The second-order valence-corrected chi connectivity index (χ2v) is 3.94. The molecule has 0 aromatic carbocycles. The number of fused-ring (bicyclic) bond motifs is 1. The zero-order valence-corrected chi connectivity index (χ0v) is 9.95. The normalized spacial score (nSPS) is 10.3. The summed E-state index contributed by atoms with van der Waals surface area (Å²) in [6.45, 7) is 0. The highest BCUT2D eigenvalue weighted by Crippen LogP contribution is 2.11. The first-order valence-electron chi connectivity index (χ1n) is 5.76. The number of pyridine rings is 3. The Labute approximate surface area is 109 Å². The van der Waals surface area contributed by atoms with E-state index in [4.69, 9.17) is 0 Å². The van der Waals surface area contributed by atoms with Crippen molar-refractivity contribution in [3.63, 3.8) is 0 Å². The summed E-state index contributed by atoms with van der Waals surface area (Å²) in [5.41, 5.74) is 1.58. The zero-order valence-electron chi connectivity index (χ0n) is 9.95. The summed E-state index contributed by atoms with van der Waals surface area (Å²) in [4.78, 5) is 24.3. The van der Waals surface area contributed by atoms with E-state index in [1.165, 1.54) is 0 Å². The van der Waals surface area contributed by atoms with Gasteiger partial charge >= 0.3 is 0 Å². The van der Waals surface area contributed by atoms with Crippen molar-refractivity contribution < 1.29 is 4.79 Å². The van der Waals surface area contributed by atoms with E-state index < -0.39 is 0 Å². The van der Waals surface area contributed by atoms with Crippen LogP contribution in [0.5, 0.6) is 0 Å². The summed E-state index contributed by atoms with van der Waals surface area (Å²) in [5.74, 6) is -0.265. The molecular formula is C14H10N4O. The van der Waals surface area contributed by atoms with Gasteiger partial charge in [0.05, 0.1) is 0 Å². The number of anilines is 1. The third-order valence-electron chi connectivity index (χ3n) is 2.63. The molecule has 92 valence electrons. The first-order valence-corrected chi connectivity index (χ1v) is 5.76. The van der Waals surface area contributed by atoms with Gasteiger partial charge in [-0.05, 0) is 36.4 Å². The van der Waals surface area contributed by atoms with Gasteiger partial charge in [-0.1, -0.05) is 0 Å². The van der Waals surface area contributed by atoms with Crippen LogP contribution in [0.3, 0.4) is 0 Å². The van der Waals surface area contributed by atoms with Gasteiger partial charge in [-0.25, -0.2) is 9.97 Å². The second-order valence-electron chi connectivity index (χ2n) is 3.94. The van der Waals surface area contributed by atoms with Gasteiger partial charge in [0.2, 0.25) is 0 Å². The standard InChI is InChI=1S/C14H10N4O/c19-14(17-11-5-8-15-9-6-11)12-4-3-10-2-1-7-16-13(10)18-12/h1-9H,(H,15,17,19). The van der Waals surface area contributed by atoms with E-state index in [2.05, 4.69) is 20.3 Å². The number of carbonyl (C=O) groups is 1. The summed E-state index contributed by atoms with van der Waals surface area (Å²) in [7, 11) is 0. The predicted molar refractivity (Wildman–Crippen MR) is 71.7 cm³/mol. The van der Waals surface area contributed by atoms with E-state index in [9.17, 15) is 4.79 Å². The maximum atomic E-state index is 12.0. The van der Waals surface area contributed by atoms with E-state index in [0.29, 0.717) is 17.0 Å². The number of amides is 1. The molecule has 0 unspecified atom stereocenters.